The number of benzene rings is 1. The number of carbonyl (C=O) groups excluding carboxylic acids is 1. The maximum Gasteiger partial charge on any atom is 0.374 e. The van der Waals surface area contributed by atoms with Crippen molar-refractivity contribution in [2.24, 2.45) is 0 Å². The number of likely N-dealkylation sites (N-methyl/N-ethyl adjacent to an activating group) is 1. The van der Waals surface area contributed by atoms with Crippen LogP contribution in [-0.4, -0.2) is 43.2 Å². The van der Waals surface area contributed by atoms with Crippen LogP contribution in [-0.2, 0) is 14.3 Å². The Labute approximate surface area is 142 Å². The minimum Gasteiger partial charge on any atom is -0.474 e. The predicted octanol–water partition coefficient (Wildman–Crippen LogP) is 1.36. The van der Waals surface area contributed by atoms with Gasteiger partial charge in [0.15, 0.2) is 0 Å². The summed E-state index contributed by atoms with van der Waals surface area (Å²) in [4.78, 5) is 14.8. The van der Waals surface area contributed by atoms with Crippen LogP contribution in [0.15, 0.2) is 48.6 Å². The molecule has 24 heavy (non-hydrogen) atoms. The summed E-state index contributed by atoms with van der Waals surface area (Å²) in [5, 5.41) is 1.83. The van der Waals surface area contributed by atoms with Gasteiger partial charge >= 0.3 is 5.97 Å². The van der Waals surface area contributed by atoms with Gasteiger partial charge in [0.2, 0.25) is 5.76 Å². The van der Waals surface area contributed by atoms with Crippen molar-refractivity contribution in [3.05, 3.63) is 59.0 Å². The molecule has 0 amide bonds. The van der Waals surface area contributed by atoms with Crippen molar-refractivity contribution in [2.45, 2.75) is 20.0 Å². The van der Waals surface area contributed by atoms with E-state index in [-0.39, 0.29) is 6.10 Å². The Morgan fingerprint density at radius 1 is 1.17 bits per heavy atom. The van der Waals surface area contributed by atoms with E-state index in [1.165, 1.54) is 0 Å². The summed E-state index contributed by atoms with van der Waals surface area (Å²) >= 11 is 0. The van der Waals surface area contributed by atoms with Crippen molar-refractivity contribution >= 4 is 17.3 Å². The standard InChI is InChI=1S/C20H23NO3/c1-3-21(4-2)13-14-23-20(22)19-17-11-6-5-9-15(17)16-10-7-8-12-18(16)24-19/h5-12,18H,3-4,13-14H2,1-2H3. The Balaban J connectivity index is 1.86. The van der Waals surface area contributed by atoms with Crippen LogP contribution >= 0.6 is 0 Å². The third kappa shape index (κ3) is 3.29. The minimum absolute atomic E-state index is 0.227. The van der Waals surface area contributed by atoms with Crippen LogP contribution in [0.5, 0.6) is 0 Å². The van der Waals surface area contributed by atoms with Crippen molar-refractivity contribution in [1.29, 1.82) is 0 Å². The quantitative estimate of drug-likeness (QED) is 0.740. The number of ether oxygens (including phenoxy) is 2. The first kappa shape index (κ1) is 16.5. The Morgan fingerprint density at radius 2 is 1.92 bits per heavy atom. The maximum atomic E-state index is 12.5. The number of carbonyl (C=O) groups is 1. The molecular weight excluding hydrogens is 302 g/mol. The summed E-state index contributed by atoms with van der Waals surface area (Å²) in [5.74, 6) is -0.0875. The van der Waals surface area contributed by atoms with Crippen molar-refractivity contribution in [1.82, 2.24) is 4.90 Å². The Hall–Kier alpha value is -2.33. The second-order valence-corrected chi connectivity index (χ2v) is 5.78. The fraction of sp³-hybridized carbons (Fsp3) is 0.350. The fourth-order valence-corrected chi connectivity index (χ4v) is 3.02. The molecule has 0 saturated heterocycles. The first-order valence-electron chi connectivity index (χ1n) is 8.49. The molecule has 0 fully saturated rings. The van der Waals surface area contributed by atoms with Gasteiger partial charge < -0.3 is 14.4 Å². The highest BCUT2D eigenvalue weighted by molar-refractivity contribution is 6.07. The van der Waals surface area contributed by atoms with Crippen LogP contribution in [0.3, 0.4) is 0 Å². The second-order valence-electron chi connectivity index (χ2n) is 5.78. The summed E-state index contributed by atoms with van der Waals surface area (Å²) in [6.07, 6.45) is 7.68. The average molecular weight is 325 g/mol. The number of fused-ring (bicyclic) bond motifs is 2. The zero-order valence-corrected chi connectivity index (χ0v) is 14.2. The first-order chi connectivity index (χ1) is 11.7. The van der Waals surface area contributed by atoms with Crippen molar-refractivity contribution in [3.63, 3.8) is 0 Å². The van der Waals surface area contributed by atoms with E-state index in [2.05, 4.69) is 18.7 Å². The third-order valence-corrected chi connectivity index (χ3v) is 4.43. The SMILES string of the molecule is CCN(CC)CCOC(=O)C1=c2ccccc2=C2C=CC=CC2O1. The monoisotopic (exact) mass is 325 g/mol. The van der Waals surface area contributed by atoms with Gasteiger partial charge in [0, 0.05) is 17.3 Å². The molecule has 0 bridgehead atoms. The highest BCUT2D eigenvalue weighted by Crippen LogP contribution is 2.20. The molecule has 1 aromatic carbocycles. The van der Waals surface area contributed by atoms with Gasteiger partial charge in [-0.15, -0.1) is 0 Å². The van der Waals surface area contributed by atoms with Crippen molar-refractivity contribution in [3.8, 4) is 0 Å². The molecule has 1 atom stereocenters. The van der Waals surface area contributed by atoms with Crippen molar-refractivity contribution in [2.75, 3.05) is 26.2 Å². The zero-order chi connectivity index (χ0) is 16.9. The Bertz CT molecular complexity index is 787. The van der Waals surface area contributed by atoms with Gasteiger partial charge in [-0.3, -0.25) is 0 Å². The molecule has 1 aliphatic heterocycles. The molecule has 126 valence electrons. The van der Waals surface area contributed by atoms with Gasteiger partial charge in [-0.05, 0) is 24.4 Å². The number of hydrogen-bond acceptors (Lipinski definition) is 4. The molecule has 2 aliphatic rings. The molecule has 0 saturated carbocycles. The third-order valence-electron chi connectivity index (χ3n) is 4.43. The number of nitrogens with zero attached hydrogens (tertiary/aromatic N) is 1. The van der Waals surface area contributed by atoms with E-state index < -0.39 is 5.97 Å². The molecule has 4 heteroatoms. The van der Waals surface area contributed by atoms with E-state index in [4.69, 9.17) is 9.47 Å². The molecule has 0 aromatic heterocycles. The van der Waals surface area contributed by atoms with E-state index in [9.17, 15) is 4.79 Å². The van der Waals surface area contributed by atoms with E-state index in [1.807, 2.05) is 48.6 Å². The lowest BCUT2D eigenvalue weighted by molar-refractivity contribution is -0.139. The lowest BCUT2D eigenvalue weighted by atomic mass is 9.98. The fourth-order valence-electron chi connectivity index (χ4n) is 3.02. The summed E-state index contributed by atoms with van der Waals surface area (Å²) in [5.41, 5.74) is 1.08. The molecule has 1 heterocycles. The minimum atomic E-state index is -0.392. The highest BCUT2D eigenvalue weighted by Gasteiger charge is 2.25. The van der Waals surface area contributed by atoms with E-state index in [1.54, 1.807) is 0 Å². The van der Waals surface area contributed by atoms with Crippen LogP contribution in [0.2, 0.25) is 0 Å². The van der Waals surface area contributed by atoms with Gasteiger partial charge in [0.1, 0.15) is 12.7 Å². The van der Waals surface area contributed by atoms with Crippen LogP contribution in [0.4, 0.5) is 0 Å². The maximum absolute atomic E-state index is 12.5. The van der Waals surface area contributed by atoms with Crippen LogP contribution in [0, 0.1) is 0 Å². The molecular formula is C20H23NO3. The summed E-state index contributed by atoms with van der Waals surface area (Å²) in [7, 11) is 0. The van der Waals surface area contributed by atoms with Crippen molar-refractivity contribution < 1.29 is 14.3 Å². The first-order valence-corrected chi connectivity index (χ1v) is 8.49. The van der Waals surface area contributed by atoms with Crippen LogP contribution in [0.1, 0.15) is 13.8 Å². The highest BCUT2D eigenvalue weighted by atomic mass is 16.6. The van der Waals surface area contributed by atoms with Crippen LogP contribution in [0.25, 0.3) is 11.3 Å². The van der Waals surface area contributed by atoms with E-state index in [0.717, 1.165) is 35.6 Å². The second kappa shape index (κ2) is 7.49. The lowest BCUT2D eigenvalue weighted by Gasteiger charge is -2.24. The zero-order valence-electron chi connectivity index (χ0n) is 14.2. The Kier molecular flexibility index (Phi) is 5.16. The number of rotatable bonds is 6. The summed E-state index contributed by atoms with van der Waals surface area (Å²) < 4.78 is 11.4. The molecule has 0 radical (unpaired) electrons. The normalized spacial score (nSPS) is 18.2. The van der Waals surface area contributed by atoms with Gasteiger partial charge in [-0.2, -0.15) is 0 Å². The lowest BCUT2D eigenvalue weighted by Crippen LogP contribution is -2.41. The molecule has 3 rings (SSSR count). The smallest absolute Gasteiger partial charge is 0.374 e. The Morgan fingerprint density at radius 3 is 2.67 bits per heavy atom. The van der Waals surface area contributed by atoms with Gasteiger partial charge in [-0.25, -0.2) is 4.79 Å². The topological polar surface area (TPSA) is 38.8 Å². The molecule has 1 aromatic rings. The van der Waals surface area contributed by atoms with E-state index >= 15 is 0 Å². The van der Waals surface area contributed by atoms with Gasteiger partial charge in [0.25, 0.3) is 0 Å². The van der Waals surface area contributed by atoms with Gasteiger partial charge in [-0.1, -0.05) is 56.3 Å². The molecule has 0 spiro atoms. The number of esters is 1. The average Bonchev–Trinajstić information content (AvgIpc) is 2.64. The number of hydrogen-bond donors (Lipinski definition) is 0. The molecule has 4 nitrogen and oxygen atoms in total. The van der Waals surface area contributed by atoms with Crippen LogP contribution < -0.4 is 10.4 Å². The van der Waals surface area contributed by atoms with E-state index in [0.29, 0.717) is 12.4 Å². The largest absolute Gasteiger partial charge is 0.474 e. The summed E-state index contributed by atoms with van der Waals surface area (Å²) in [6.45, 7) is 7.19. The number of allylic oxidation sites excluding steroid dienone is 2. The molecule has 1 unspecified atom stereocenters. The summed E-state index contributed by atoms with van der Waals surface area (Å²) in [6, 6.07) is 7.82. The molecule has 0 N–H and O–H groups in total. The predicted molar refractivity (Wildman–Crippen MR) is 94.4 cm³/mol. The molecule has 1 aliphatic carbocycles. The van der Waals surface area contributed by atoms with Gasteiger partial charge in [0.05, 0.1) is 0 Å².